The summed E-state index contributed by atoms with van der Waals surface area (Å²) in [6.07, 6.45) is 10.3. The van der Waals surface area contributed by atoms with Crippen molar-refractivity contribution in [3.63, 3.8) is 0 Å². The van der Waals surface area contributed by atoms with Crippen LogP contribution in [0.4, 0.5) is 0 Å². The Balaban J connectivity index is 4.90. The predicted molar refractivity (Wildman–Crippen MR) is 85.7 cm³/mol. The average Bonchev–Trinajstić information content (AvgIpc) is 2.38. The summed E-state index contributed by atoms with van der Waals surface area (Å²) in [7, 11) is 0. The normalized spacial score (nSPS) is 13.1. The van der Waals surface area contributed by atoms with Gasteiger partial charge in [-0.1, -0.05) is 0 Å². The van der Waals surface area contributed by atoms with Crippen LogP contribution in [0.25, 0.3) is 0 Å². The van der Waals surface area contributed by atoms with Gasteiger partial charge in [0.05, 0.1) is 0 Å². The molecule has 0 aliphatic heterocycles. The van der Waals surface area contributed by atoms with Crippen molar-refractivity contribution in [1.29, 1.82) is 0 Å². The van der Waals surface area contributed by atoms with E-state index in [1.54, 1.807) is 3.59 Å². The molecular formula is C16H34OSn. The standard InChI is InChI=1S/C4H7O.3C4H9.Sn/c1-2-3-4-5;3*1-3-4-2;/h3,5H,4H2,1H3;3*1,3-4H2,2H3;. The van der Waals surface area contributed by atoms with Gasteiger partial charge in [-0.2, -0.15) is 0 Å². The molecule has 0 radical (unpaired) electrons. The summed E-state index contributed by atoms with van der Waals surface area (Å²) >= 11 is -2.13. The zero-order valence-corrected chi connectivity index (χ0v) is 15.9. The van der Waals surface area contributed by atoms with Crippen molar-refractivity contribution in [2.45, 2.75) is 79.5 Å². The molecule has 108 valence electrons. The molecule has 0 unspecified atom stereocenters. The van der Waals surface area contributed by atoms with Gasteiger partial charge in [0, 0.05) is 0 Å². The van der Waals surface area contributed by atoms with E-state index >= 15 is 0 Å². The molecule has 2 heteroatoms. The van der Waals surface area contributed by atoms with E-state index in [4.69, 9.17) is 0 Å². The van der Waals surface area contributed by atoms with Gasteiger partial charge in [-0.15, -0.1) is 0 Å². The molecule has 0 saturated carbocycles. The van der Waals surface area contributed by atoms with Crippen molar-refractivity contribution in [3.05, 3.63) is 9.67 Å². The first kappa shape index (κ1) is 18.5. The van der Waals surface area contributed by atoms with Gasteiger partial charge in [-0.25, -0.2) is 0 Å². The van der Waals surface area contributed by atoms with E-state index in [0.29, 0.717) is 0 Å². The van der Waals surface area contributed by atoms with Gasteiger partial charge >= 0.3 is 119 Å². The van der Waals surface area contributed by atoms with Gasteiger partial charge in [-0.05, 0) is 0 Å². The second-order valence-electron chi connectivity index (χ2n) is 5.66. The molecule has 0 aromatic rings. The van der Waals surface area contributed by atoms with Gasteiger partial charge in [-0.3, -0.25) is 0 Å². The van der Waals surface area contributed by atoms with Crippen LogP contribution in [-0.2, 0) is 0 Å². The van der Waals surface area contributed by atoms with Crippen molar-refractivity contribution in [3.8, 4) is 0 Å². The Labute approximate surface area is 119 Å². The molecule has 0 saturated heterocycles. The first-order valence-electron chi connectivity index (χ1n) is 7.95. The number of aliphatic hydroxyl groups is 1. The molecule has 0 aromatic heterocycles. The summed E-state index contributed by atoms with van der Waals surface area (Å²) in [5, 5.41) is 9.23. The van der Waals surface area contributed by atoms with E-state index < -0.39 is 18.4 Å². The van der Waals surface area contributed by atoms with Crippen LogP contribution >= 0.6 is 0 Å². The van der Waals surface area contributed by atoms with Crippen molar-refractivity contribution in [1.82, 2.24) is 0 Å². The van der Waals surface area contributed by atoms with Crippen LogP contribution in [0, 0.1) is 0 Å². The zero-order valence-electron chi connectivity index (χ0n) is 13.1. The van der Waals surface area contributed by atoms with Crippen LogP contribution in [0.15, 0.2) is 9.67 Å². The van der Waals surface area contributed by atoms with E-state index in [9.17, 15) is 5.11 Å². The third-order valence-corrected chi connectivity index (χ3v) is 20.8. The van der Waals surface area contributed by atoms with Gasteiger partial charge in [0.15, 0.2) is 0 Å². The van der Waals surface area contributed by atoms with Gasteiger partial charge in [0.1, 0.15) is 0 Å². The number of rotatable bonds is 11. The van der Waals surface area contributed by atoms with Crippen LogP contribution in [0.1, 0.15) is 66.2 Å². The minimum absolute atomic E-state index is 0.245. The Bertz CT molecular complexity index is 201. The molecule has 0 atom stereocenters. The maximum absolute atomic E-state index is 9.23. The van der Waals surface area contributed by atoms with Gasteiger partial charge in [0.25, 0.3) is 0 Å². The number of hydrogen-bond acceptors (Lipinski definition) is 1. The minimum atomic E-state index is -2.13. The van der Waals surface area contributed by atoms with E-state index in [1.807, 2.05) is 0 Å². The summed E-state index contributed by atoms with van der Waals surface area (Å²) in [6.45, 7) is 9.49. The molecule has 0 bridgehead atoms. The number of allylic oxidation sites excluding steroid dienone is 1. The Hall–Kier alpha value is 0.499. The maximum atomic E-state index is 9.23. The van der Waals surface area contributed by atoms with Gasteiger partial charge in [0.2, 0.25) is 0 Å². The van der Waals surface area contributed by atoms with Crippen molar-refractivity contribution in [2.75, 3.05) is 6.61 Å². The number of unbranched alkanes of at least 4 members (excludes halogenated alkanes) is 3. The Kier molecular flexibility index (Phi) is 11.6. The summed E-state index contributed by atoms with van der Waals surface area (Å²) < 4.78 is 6.16. The van der Waals surface area contributed by atoms with Crippen LogP contribution in [0.3, 0.4) is 0 Å². The van der Waals surface area contributed by atoms with Crippen LogP contribution in [-0.4, -0.2) is 30.1 Å². The predicted octanol–water partition coefficient (Wildman–Crippen LogP) is 5.31. The second-order valence-corrected chi connectivity index (χ2v) is 19.5. The molecule has 0 aromatic carbocycles. The van der Waals surface area contributed by atoms with Gasteiger partial charge < -0.3 is 0 Å². The molecule has 0 aliphatic rings. The molecule has 0 heterocycles. The van der Waals surface area contributed by atoms with Crippen molar-refractivity contribution >= 4 is 18.4 Å². The summed E-state index contributed by atoms with van der Waals surface area (Å²) in [4.78, 5) is 0. The second kappa shape index (κ2) is 11.3. The molecular weight excluding hydrogens is 327 g/mol. The fourth-order valence-electron chi connectivity index (χ4n) is 2.87. The van der Waals surface area contributed by atoms with E-state index in [0.717, 1.165) is 0 Å². The monoisotopic (exact) mass is 362 g/mol. The number of hydrogen-bond donors (Lipinski definition) is 1. The van der Waals surface area contributed by atoms with Crippen LogP contribution in [0.5, 0.6) is 0 Å². The molecule has 0 amide bonds. The van der Waals surface area contributed by atoms with E-state index in [-0.39, 0.29) is 6.61 Å². The fraction of sp³-hybridized carbons (Fsp3) is 0.875. The SMILES string of the molecule is CCC[CH2][Sn]([CH2]CCC)([CH2]CCC)/[C](C)=C/CO. The molecule has 18 heavy (non-hydrogen) atoms. The molecule has 1 nitrogen and oxygen atoms in total. The Morgan fingerprint density at radius 2 is 1.28 bits per heavy atom. The van der Waals surface area contributed by atoms with Crippen LogP contribution < -0.4 is 0 Å². The van der Waals surface area contributed by atoms with Crippen LogP contribution in [0.2, 0.25) is 13.3 Å². The summed E-state index contributed by atoms with van der Waals surface area (Å²) in [5.74, 6) is 0. The first-order chi connectivity index (χ1) is 8.66. The molecule has 0 fully saturated rings. The topological polar surface area (TPSA) is 20.2 Å². The Morgan fingerprint density at radius 1 is 0.889 bits per heavy atom. The Morgan fingerprint density at radius 3 is 1.56 bits per heavy atom. The molecule has 0 rings (SSSR count). The zero-order chi connectivity index (χ0) is 13.9. The molecule has 0 spiro atoms. The third kappa shape index (κ3) is 6.60. The average molecular weight is 361 g/mol. The van der Waals surface area contributed by atoms with Crippen molar-refractivity contribution in [2.24, 2.45) is 0 Å². The van der Waals surface area contributed by atoms with E-state index in [2.05, 4.69) is 33.8 Å². The first-order valence-corrected chi connectivity index (χ1v) is 15.4. The fourth-order valence-corrected chi connectivity index (χ4v) is 18.7. The molecule has 0 aliphatic carbocycles. The summed E-state index contributed by atoms with van der Waals surface area (Å²) in [5.41, 5.74) is 0. The summed E-state index contributed by atoms with van der Waals surface area (Å²) in [6, 6.07) is 0. The number of aliphatic hydroxyl groups excluding tert-OH is 1. The quantitative estimate of drug-likeness (QED) is 0.495. The van der Waals surface area contributed by atoms with E-state index in [1.165, 1.54) is 51.8 Å². The third-order valence-electron chi connectivity index (χ3n) is 4.26. The molecule has 1 N–H and O–H groups in total. The van der Waals surface area contributed by atoms with Crippen molar-refractivity contribution < 1.29 is 5.11 Å².